The van der Waals surface area contributed by atoms with Gasteiger partial charge in [0.05, 0.1) is 12.7 Å². The van der Waals surface area contributed by atoms with Gasteiger partial charge in [-0.1, -0.05) is 12.1 Å². The molecule has 0 spiro atoms. The SMILES string of the molecule is COc1ccc(C2C(C(=O)O)=C(C)NC(=S)N2C(=O)O)cc1. The van der Waals surface area contributed by atoms with Crippen LogP contribution in [-0.4, -0.2) is 39.4 Å². The Bertz CT molecular complexity index is 668. The van der Waals surface area contributed by atoms with Gasteiger partial charge in [-0.05, 0) is 36.8 Å². The molecule has 1 unspecified atom stereocenters. The first kappa shape index (κ1) is 15.8. The summed E-state index contributed by atoms with van der Waals surface area (Å²) in [6.45, 7) is 1.55. The van der Waals surface area contributed by atoms with Crippen LogP contribution in [0, 0.1) is 0 Å². The van der Waals surface area contributed by atoms with Gasteiger partial charge in [0.25, 0.3) is 0 Å². The molecule has 8 heteroatoms. The number of aliphatic carboxylic acids is 1. The number of methoxy groups -OCH3 is 1. The van der Waals surface area contributed by atoms with Gasteiger partial charge in [0.2, 0.25) is 0 Å². The molecule has 0 saturated heterocycles. The number of hydrogen-bond acceptors (Lipinski definition) is 4. The summed E-state index contributed by atoms with van der Waals surface area (Å²) < 4.78 is 5.05. The Labute approximate surface area is 131 Å². The molecule has 0 fully saturated rings. The van der Waals surface area contributed by atoms with Crippen LogP contribution < -0.4 is 10.1 Å². The molecule has 3 N–H and O–H groups in total. The van der Waals surface area contributed by atoms with Gasteiger partial charge < -0.3 is 20.3 Å². The molecule has 22 heavy (non-hydrogen) atoms. The maximum absolute atomic E-state index is 11.6. The number of ether oxygens (including phenoxy) is 1. The lowest BCUT2D eigenvalue weighted by Crippen LogP contribution is -2.50. The quantitative estimate of drug-likeness (QED) is 0.732. The molecule has 2 rings (SSSR count). The number of carbonyl (C=O) groups is 2. The van der Waals surface area contributed by atoms with Crippen LogP contribution in [0.3, 0.4) is 0 Å². The molecule has 0 bridgehead atoms. The van der Waals surface area contributed by atoms with Gasteiger partial charge in [-0.15, -0.1) is 0 Å². The van der Waals surface area contributed by atoms with Crippen LogP contribution in [0.4, 0.5) is 4.79 Å². The van der Waals surface area contributed by atoms with Crippen LogP contribution in [-0.2, 0) is 4.79 Å². The van der Waals surface area contributed by atoms with Crippen molar-refractivity contribution in [2.45, 2.75) is 13.0 Å². The summed E-state index contributed by atoms with van der Waals surface area (Å²) in [7, 11) is 1.50. The van der Waals surface area contributed by atoms with Gasteiger partial charge in [0.1, 0.15) is 11.8 Å². The Kier molecular flexibility index (Phi) is 4.32. The fraction of sp³-hybridized carbons (Fsp3) is 0.214. The van der Waals surface area contributed by atoms with Crippen molar-refractivity contribution >= 4 is 29.4 Å². The monoisotopic (exact) mass is 322 g/mol. The van der Waals surface area contributed by atoms with Gasteiger partial charge in [-0.2, -0.15) is 0 Å². The fourth-order valence-electron chi connectivity index (χ4n) is 2.32. The first-order chi connectivity index (χ1) is 10.4. The van der Waals surface area contributed by atoms with E-state index in [-0.39, 0.29) is 10.7 Å². The van der Waals surface area contributed by atoms with Gasteiger partial charge in [0, 0.05) is 5.70 Å². The molecule has 1 aromatic rings. The lowest BCUT2D eigenvalue weighted by Gasteiger charge is -2.35. The zero-order valence-corrected chi connectivity index (χ0v) is 12.7. The van der Waals surface area contributed by atoms with Gasteiger partial charge in [0.15, 0.2) is 5.11 Å². The summed E-state index contributed by atoms with van der Waals surface area (Å²) in [5, 5.41) is 21.4. The number of amides is 1. The normalized spacial score (nSPS) is 18.0. The molecule has 1 aliphatic rings. The van der Waals surface area contributed by atoms with E-state index in [1.807, 2.05) is 0 Å². The van der Waals surface area contributed by atoms with Gasteiger partial charge in [-0.3, -0.25) is 0 Å². The fourth-order valence-corrected chi connectivity index (χ4v) is 2.65. The highest BCUT2D eigenvalue weighted by Gasteiger charge is 2.39. The third-order valence-electron chi connectivity index (χ3n) is 3.32. The number of nitrogens with one attached hydrogen (secondary N) is 1. The molecule has 0 aromatic heterocycles. The minimum absolute atomic E-state index is 0.0594. The molecule has 1 amide bonds. The Hall–Kier alpha value is -2.61. The van der Waals surface area contributed by atoms with Crippen molar-refractivity contribution in [2.24, 2.45) is 0 Å². The molecule has 0 saturated carbocycles. The topological polar surface area (TPSA) is 99.1 Å². The van der Waals surface area contributed by atoms with Crippen molar-refractivity contribution in [3.05, 3.63) is 41.1 Å². The first-order valence-electron chi connectivity index (χ1n) is 6.28. The average Bonchev–Trinajstić information content (AvgIpc) is 2.45. The van der Waals surface area contributed by atoms with Crippen molar-refractivity contribution in [3.8, 4) is 5.75 Å². The minimum atomic E-state index is -1.33. The second kappa shape index (κ2) is 6.02. The summed E-state index contributed by atoms with van der Waals surface area (Å²) in [6, 6.07) is 5.48. The summed E-state index contributed by atoms with van der Waals surface area (Å²) in [5.41, 5.74) is 0.737. The third kappa shape index (κ3) is 2.73. The summed E-state index contributed by atoms with van der Waals surface area (Å²) in [4.78, 5) is 23.9. The Morgan fingerprint density at radius 1 is 1.27 bits per heavy atom. The zero-order chi connectivity index (χ0) is 16.4. The molecule has 1 heterocycles. The number of rotatable bonds is 3. The number of thiocarbonyl (C=S) groups is 1. The van der Waals surface area contributed by atoms with Gasteiger partial charge in [-0.25, -0.2) is 14.5 Å². The van der Waals surface area contributed by atoms with Crippen molar-refractivity contribution in [2.75, 3.05) is 7.11 Å². The molecule has 7 nitrogen and oxygen atoms in total. The summed E-state index contributed by atoms with van der Waals surface area (Å²) in [6.07, 6.45) is -1.33. The van der Waals surface area contributed by atoms with E-state index in [9.17, 15) is 19.8 Å². The van der Waals surface area contributed by atoms with E-state index in [0.717, 1.165) is 4.90 Å². The lowest BCUT2D eigenvalue weighted by atomic mass is 9.94. The Balaban J connectivity index is 2.60. The number of nitrogens with zero attached hydrogens (tertiary/aromatic N) is 1. The summed E-state index contributed by atoms with van der Waals surface area (Å²) in [5.74, 6) is -0.626. The highest BCUT2D eigenvalue weighted by molar-refractivity contribution is 7.80. The van der Waals surface area contributed by atoms with E-state index in [1.165, 1.54) is 7.11 Å². The van der Waals surface area contributed by atoms with Crippen LogP contribution in [0.15, 0.2) is 35.5 Å². The van der Waals surface area contributed by atoms with Crippen molar-refractivity contribution in [1.82, 2.24) is 10.2 Å². The van der Waals surface area contributed by atoms with E-state index in [4.69, 9.17) is 17.0 Å². The van der Waals surface area contributed by atoms with E-state index in [2.05, 4.69) is 5.32 Å². The number of benzene rings is 1. The average molecular weight is 322 g/mol. The molecular formula is C14H14N2O5S. The van der Waals surface area contributed by atoms with Crippen LogP contribution in [0.5, 0.6) is 5.75 Å². The van der Waals surface area contributed by atoms with Crippen LogP contribution in [0.2, 0.25) is 0 Å². The molecule has 0 radical (unpaired) electrons. The molecular weight excluding hydrogens is 308 g/mol. The Morgan fingerprint density at radius 3 is 2.32 bits per heavy atom. The van der Waals surface area contributed by atoms with Crippen LogP contribution in [0.25, 0.3) is 0 Å². The van der Waals surface area contributed by atoms with E-state index in [1.54, 1.807) is 31.2 Å². The van der Waals surface area contributed by atoms with Crippen molar-refractivity contribution < 1.29 is 24.5 Å². The predicted octanol–water partition coefficient (Wildman–Crippen LogP) is 1.96. The Morgan fingerprint density at radius 2 is 1.86 bits per heavy atom. The maximum Gasteiger partial charge on any atom is 0.414 e. The second-order valence-corrected chi connectivity index (χ2v) is 4.99. The lowest BCUT2D eigenvalue weighted by molar-refractivity contribution is -0.133. The van der Waals surface area contributed by atoms with Crippen LogP contribution >= 0.6 is 12.2 Å². The van der Waals surface area contributed by atoms with E-state index < -0.39 is 18.1 Å². The maximum atomic E-state index is 11.6. The third-order valence-corrected chi connectivity index (χ3v) is 3.62. The highest BCUT2D eigenvalue weighted by Crippen LogP contribution is 2.34. The van der Waals surface area contributed by atoms with Crippen LogP contribution in [0.1, 0.15) is 18.5 Å². The second-order valence-electron chi connectivity index (χ2n) is 4.60. The largest absolute Gasteiger partial charge is 0.497 e. The standard InChI is InChI=1S/C14H14N2O5S/c1-7-10(12(17)18)11(16(14(19)20)13(22)15-7)8-3-5-9(21-2)6-4-8/h3-6,11H,1-2H3,(H,15,22)(H,17,18)(H,19,20). The number of hydrogen-bond donors (Lipinski definition) is 3. The highest BCUT2D eigenvalue weighted by atomic mass is 32.1. The molecule has 1 atom stereocenters. The predicted molar refractivity (Wildman–Crippen MR) is 81.7 cm³/mol. The smallest absolute Gasteiger partial charge is 0.414 e. The van der Waals surface area contributed by atoms with Crippen molar-refractivity contribution in [3.63, 3.8) is 0 Å². The summed E-state index contributed by atoms with van der Waals surface area (Å²) >= 11 is 5.03. The molecule has 0 aliphatic carbocycles. The number of allylic oxidation sites excluding steroid dienone is 1. The minimum Gasteiger partial charge on any atom is -0.497 e. The number of carboxylic acid groups (broad SMARTS) is 2. The first-order valence-corrected chi connectivity index (χ1v) is 6.68. The van der Waals surface area contributed by atoms with E-state index >= 15 is 0 Å². The van der Waals surface area contributed by atoms with E-state index in [0.29, 0.717) is 17.0 Å². The zero-order valence-electron chi connectivity index (χ0n) is 11.9. The molecule has 116 valence electrons. The molecule has 1 aliphatic heterocycles. The molecule has 1 aromatic carbocycles. The number of carboxylic acids is 1. The van der Waals surface area contributed by atoms with Gasteiger partial charge >= 0.3 is 12.1 Å². The van der Waals surface area contributed by atoms with Crippen molar-refractivity contribution in [1.29, 1.82) is 0 Å².